The summed E-state index contributed by atoms with van der Waals surface area (Å²) in [5.41, 5.74) is 5.32. The number of anilines is 1. The smallest absolute Gasteiger partial charge is 0.277 e. The van der Waals surface area contributed by atoms with Gasteiger partial charge in [-0.2, -0.15) is 10.2 Å². The Kier molecular flexibility index (Phi) is 6.21. The van der Waals surface area contributed by atoms with Crippen LogP contribution in [0.3, 0.4) is 0 Å². The molecule has 0 fully saturated rings. The van der Waals surface area contributed by atoms with Crippen LogP contribution in [0.15, 0.2) is 64.8 Å². The van der Waals surface area contributed by atoms with Crippen molar-refractivity contribution in [3.05, 3.63) is 82.7 Å². The minimum absolute atomic E-state index is 0.205. The number of benzene rings is 2. The van der Waals surface area contributed by atoms with Gasteiger partial charge in [0.15, 0.2) is 6.29 Å². The first kappa shape index (κ1) is 21.2. The maximum Gasteiger partial charge on any atom is 0.277 e. The van der Waals surface area contributed by atoms with Crippen LogP contribution in [0.2, 0.25) is 0 Å². The molecule has 2 N–H and O–H groups in total. The van der Waals surface area contributed by atoms with Gasteiger partial charge in [-0.3, -0.25) is 19.3 Å². The van der Waals surface area contributed by atoms with Crippen LogP contribution in [-0.2, 0) is 13.0 Å². The predicted molar refractivity (Wildman–Crippen MR) is 125 cm³/mol. The van der Waals surface area contributed by atoms with Crippen molar-refractivity contribution in [2.24, 2.45) is 15.9 Å². The zero-order valence-electron chi connectivity index (χ0n) is 17.8. The van der Waals surface area contributed by atoms with Gasteiger partial charge in [-0.05, 0) is 36.6 Å². The summed E-state index contributed by atoms with van der Waals surface area (Å²) >= 11 is 0. The molecule has 0 bridgehead atoms. The Balaban J connectivity index is 1.46. The molecule has 0 radical (unpaired) electrons. The molecule has 0 spiro atoms. The van der Waals surface area contributed by atoms with Gasteiger partial charge in [-0.25, -0.2) is 0 Å². The SMILES string of the molecule is CCN=C/C(=N\N)c1ccc(Cc2ccc(N3CCn4ncc(C=O)c4C3=O)cc2)cc1. The number of amides is 1. The highest BCUT2D eigenvalue weighted by Gasteiger charge is 2.29. The summed E-state index contributed by atoms with van der Waals surface area (Å²) in [7, 11) is 0. The number of rotatable bonds is 7. The molecule has 0 atom stereocenters. The molecule has 0 saturated carbocycles. The quantitative estimate of drug-likeness (QED) is 0.270. The number of nitrogens with zero attached hydrogens (tertiary/aromatic N) is 5. The van der Waals surface area contributed by atoms with Gasteiger partial charge in [0.05, 0.1) is 18.3 Å². The van der Waals surface area contributed by atoms with Crippen LogP contribution >= 0.6 is 0 Å². The summed E-state index contributed by atoms with van der Waals surface area (Å²) in [5.74, 6) is 5.27. The van der Waals surface area contributed by atoms with Gasteiger partial charge in [0.1, 0.15) is 11.4 Å². The summed E-state index contributed by atoms with van der Waals surface area (Å²) in [6.45, 7) is 3.70. The Morgan fingerprint density at radius 2 is 1.78 bits per heavy atom. The molecular weight excluding hydrogens is 404 g/mol. The largest absolute Gasteiger partial charge is 0.323 e. The first-order valence-electron chi connectivity index (χ1n) is 10.4. The van der Waals surface area contributed by atoms with Crippen LogP contribution in [0, 0.1) is 0 Å². The van der Waals surface area contributed by atoms with Crippen LogP contribution in [0.4, 0.5) is 5.69 Å². The molecule has 1 aliphatic heterocycles. The monoisotopic (exact) mass is 428 g/mol. The van der Waals surface area contributed by atoms with E-state index in [2.05, 4.69) is 15.2 Å². The van der Waals surface area contributed by atoms with Gasteiger partial charge in [0.25, 0.3) is 5.91 Å². The summed E-state index contributed by atoms with van der Waals surface area (Å²) in [6.07, 6.45) is 4.56. The molecule has 0 saturated heterocycles. The van der Waals surface area contributed by atoms with Gasteiger partial charge in [-0.1, -0.05) is 36.4 Å². The number of hydrazone groups is 1. The molecule has 1 amide bonds. The third-order valence-corrected chi connectivity index (χ3v) is 5.42. The molecule has 8 heteroatoms. The number of carbonyl (C=O) groups is 2. The summed E-state index contributed by atoms with van der Waals surface area (Å²) in [6, 6.07) is 16.0. The van der Waals surface area contributed by atoms with Gasteiger partial charge in [0.2, 0.25) is 0 Å². The maximum absolute atomic E-state index is 12.9. The van der Waals surface area contributed by atoms with Crippen molar-refractivity contribution in [2.75, 3.05) is 18.0 Å². The van der Waals surface area contributed by atoms with E-state index in [1.54, 1.807) is 15.8 Å². The molecule has 0 unspecified atom stereocenters. The van der Waals surface area contributed by atoms with E-state index in [-0.39, 0.29) is 5.91 Å². The van der Waals surface area contributed by atoms with E-state index in [4.69, 9.17) is 5.84 Å². The summed E-state index contributed by atoms with van der Waals surface area (Å²) in [5, 5.41) is 7.92. The second kappa shape index (κ2) is 9.38. The van der Waals surface area contributed by atoms with E-state index < -0.39 is 0 Å². The molecule has 32 heavy (non-hydrogen) atoms. The Bertz CT molecular complexity index is 1180. The zero-order chi connectivity index (χ0) is 22.5. The second-order valence-corrected chi connectivity index (χ2v) is 7.43. The molecule has 1 aliphatic rings. The summed E-state index contributed by atoms with van der Waals surface area (Å²) < 4.78 is 1.59. The number of nitrogens with two attached hydrogens (primary N) is 1. The fourth-order valence-corrected chi connectivity index (χ4v) is 3.74. The van der Waals surface area contributed by atoms with Crippen LogP contribution in [0.25, 0.3) is 0 Å². The molecule has 4 rings (SSSR count). The van der Waals surface area contributed by atoms with Gasteiger partial charge in [0, 0.05) is 30.6 Å². The lowest BCUT2D eigenvalue weighted by Gasteiger charge is -2.28. The number of hydrogen-bond donors (Lipinski definition) is 1. The highest BCUT2D eigenvalue weighted by atomic mass is 16.2. The molecule has 0 aliphatic carbocycles. The topological polar surface area (TPSA) is 106 Å². The number of aliphatic imine (C=N–C) groups is 1. The van der Waals surface area contributed by atoms with Crippen LogP contribution in [0.1, 0.15) is 44.5 Å². The van der Waals surface area contributed by atoms with Crippen LogP contribution in [0.5, 0.6) is 0 Å². The highest BCUT2D eigenvalue weighted by Crippen LogP contribution is 2.23. The third kappa shape index (κ3) is 4.20. The fraction of sp³-hybridized carbons (Fsp3) is 0.208. The van der Waals surface area contributed by atoms with Gasteiger partial charge in [-0.15, -0.1) is 0 Å². The summed E-state index contributed by atoms with van der Waals surface area (Å²) in [4.78, 5) is 30.0. The van der Waals surface area contributed by atoms with E-state index in [0.29, 0.717) is 42.9 Å². The third-order valence-electron chi connectivity index (χ3n) is 5.42. The molecule has 8 nitrogen and oxygen atoms in total. The number of fused-ring (bicyclic) bond motifs is 1. The van der Waals surface area contributed by atoms with Crippen molar-refractivity contribution in [2.45, 2.75) is 19.9 Å². The highest BCUT2D eigenvalue weighted by molar-refractivity contribution is 6.38. The van der Waals surface area contributed by atoms with Crippen molar-refractivity contribution in [1.82, 2.24) is 9.78 Å². The van der Waals surface area contributed by atoms with E-state index in [1.807, 2.05) is 55.5 Å². The van der Waals surface area contributed by atoms with Crippen LogP contribution < -0.4 is 10.7 Å². The first-order chi connectivity index (χ1) is 15.6. The normalized spacial score (nSPS) is 14.1. The Labute approximate surface area is 186 Å². The lowest BCUT2D eigenvalue weighted by atomic mass is 10.0. The molecular formula is C24H24N6O2. The minimum atomic E-state index is -0.205. The maximum atomic E-state index is 12.9. The van der Waals surface area contributed by atoms with Crippen LogP contribution in [-0.4, -0.2) is 47.0 Å². The Morgan fingerprint density at radius 3 is 2.41 bits per heavy atom. The van der Waals surface area contributed by atoms with E-state index in [0.717, 1.165) is 28.8 Å². The fourth-order valence-electron chi connectivity index (χ4n) is 3.74. The Morgan fingerprint density at radius 1 is 1.09 bits per heavy atom. The first-order valence-corrected chi connectivity index (χ1v) is 10.4. The van der Waals surface area contributed by atoms with Crippen molar-refractivity contribution in [3.63, 3.8) is 0 Å². The van der Waals surface area contributed by atoms with E-state index >= 15 is 0 Å². The number of aldehydes is 1. The number of hydrogen-bond acceptors (Lipinski definition) is 6. The number of aromatic nitrogens is 2. The van der Waals surface area contributed by atoms with Crippen molar-refractivity contribution in [1.29, 1.82) is 0 Å². The Hall–Kier alpha value is -4.07. The molecule has 1 aromatic heterocycles. The average Bonchev–Trinajstić information content (AvgIpc) is 3.26. The van der Waals surface area contributed by atoms with E-state index in [1.165, 1.54) is 6.20 Å². The van der Waals surface area contributed by atoms with Gasteiger partial charge < -0.3 is 10.7 Å². The van der Waals surface area contributed by atoms with Crippen molar-refractivity contribution < 1.29 is 9.59 Å². The second-order valence-electron chi connectivity index (χ2n) is 7.43. The van der Waals surface area contributed by atoms with Gasteiger partial charge >= 0.3 is 0 Å². The lowest BCUT2D eigenvalue weighted by molar-refractivity contribution is 0.0956. The number of carbonyl (C=O) groups excluding carboxylic acids is 2. The lowest BCUT2D eigenvalue weighted by Crippen LogP contribution is -2.41. The molecule has 3 aromatic rings. The predicted octanol–water partition coefficient (Wildman–Crippen LogP) is 2.70. The van der Waals surface area contributed by atoms with E-state index in [9.17, 15) is 9.59 Å². The average molecular weight is 428 g/mol. The molecule has 2 heterocycles. The molecule has 162 valence electrons. The zero-order valence-corrected chi connectivity index (χ0v) is 17.8. The molecule has 2 aromatic carbocycles. The van der Waals surface area contributed by atoms with Crippen molar-refractivity contribution in [3.8, 4) is 0 Å². The minimum Gasteiger partial charge on any atom is -0.323 e. The van der Waals surface area contributed by atoms with Crippen molar-refractivity contribution >= 4 is 29.8 Å². The standard InChI is InChI=1S/C24H24N6O2/c1-2-26-15-22(28-25)19-7-3-17(4-8-19)13-18-5-9-21(10-6-18)29-11-12-30-23(24(29)32)20(16-31)14-27-30/h3-10,14-16H,2,11-13,25H2,1H3/b26-15?,28-22+.